The fourth-order valence-corrected chi connectivity index (χ4v) is 6.07. The maximum Gasteiger partial charge on any atom is 0.132 e. The van der Waals surface area contributed by atoms with Crippen molar-refractivity contribution in [2.24, 2.45) is 5.10 Å². The molecule has 0 radical (unpaired) electrons. The number of aromatic hydroxyl groups is 1. The molecule has 2 atom stereocenters. The number of aliphatic hydroxyl groups is 1. The molecule has 4 aromatic rings. The van der Waals surface area contributed by atoms with E-state index < -0.39 is 23.2 Å². The van der Waals surface area contributed by atoms with Gasteiger partial charge in [0.05, 0.1) is 28.9 Å². The van der Waals surface area contributed by atoms with Crippen LogP contribution < -0.4 is 0 Å². The number of phenols is 1. The lowest BCUT2D eigenvalue weighted by Gasteiger charge is -2.36. The van der Waals surface area contributed by atoms with Gasteiger partial charge in [-0.15, -0.1) is 11.3 Å². The summed E-state index contributed by atoms with van der Waals surface area (Å²) in [6.07, 6.45) is 1.66. The van der Waals surface area contributed by atoms with E-state index in [1.165, 1.54) is 17.4 Å². The van der Waals surface area contributed by atoms with Crippen LogP contribution in [-0.2, 0) is 12.1 Å². The molecular formula is C31H29F2N5O2S. The molecule has 2 heterocycles. The number of rotatable bonds is 8. The van der Waals surface area contributed by atoms with Crippen molar-refractivity contribution in [3.05, 3.63) is 104 Å². The molecule has 1 aromatic heterocycles. The number of nitrogens with zero attached hydrogens (tertiary/aromatic N) is 5. The Morgan fingerprint density at radius 3 is 2.46 bits per heavy atom. The van der Waals surface area contributed by atoms with Crippen molar-refractivity contribution in [3.8, 4) is 23.1 Å². The van der Waals surface area contributed by atoms with Crippen LogP contribution >= 0.6 is 11.3 Å². The van der Waals surface area contributed by atoms with Crippen molar-refractivity contribution in [2.75, 3.05) is 13.2 Å². The van der Waals surface area contributed by atoms with Gasteiger partial charge in [-0.1, -0.05) is 37.3 Å². The second-order valence-electron chi connectivity index (χ2n) is 10.4. The summed E-state index contributed by atoms with van der Waals surface area (Å²) in [6, 6.07) is 16.1. The van der Waals surface area contributed by atoms with E-state index in [0.717, 1.165) is 34.4 Å². The average Bonchev–Trinajstić information content (AvgIpc) is 3.61. The van der Waals surface area contributed by atoms with E-state index in [1.807, 2.05) is 36.3 Å². The summed E-state index contributed by atoms with van der Waals surface area (Å²) in [4.78, 5) is 6.68. The Bertz CT molecular complexity index is 1630. The fourth-order valence-electron chi connectivity index (χ4n) is 5.09. The summed E-state index contributed by atoms with van der Waals surface area (Å²) in [7, 11) is 0. The molecule has 2 N–H and O–H groups in total. The molecular weight excluding hydrogens is 544 g/mol. The van der Waals surface area contributed by atoms with E-state index in [0.29, 0.717) is 29.5 Å². The van der Waals surface area contributed by atoms with E-state index in [9.17, 15) is 14.6 Å². The van der Waals surface area contributed by atoms with Gasteiger partial charge < -0.3 is 15.1 Å². The first-order valence-corrected chi connectivity index (χ1v) is 13.9. The molecule has 0 spiro atoms. The van der Waals surface area contributed by atoms with Gasteiger partial charge in [-0.2, -0.15) is 10.4 Å². The van der Waals surface area contributed by atoms with Gasteiger partial charge in [-0.05, 0) is 48.7 Å². The van der Waals surface area contributed by atoms with E-state index in [2.05, 4.69) is 11.2 Å². The van der Waals surface area contributed by atoms with Crippen LogP contribution in [0.4, 0.5) is 8.78 Å². The molecule has 10 heteroatoms. The topological polar surface area (TPSA) is 96.0 Å². The van der Waals surface area contributed by atoms with E-state index in [4.69, 9.17) is 10.2 Å². The zero-order valence-electron chi connectivity index (χ0n) is 22.8. The lowest BCUT2D eigenvalue weighted by atomic mass is 9.81. The van der Waals surface area contributed by atoms with Gasteiger partial charge in [-0.3, -0.25) is 5.01 Å². The van der Waals surface area contributed by atoms with Crippen LogP contribution in [0.1, 0.15) is 45.7 Å². The third-order valence-corrected chi connectivity index (χ3v) is 8.43. The number of phenolic OH excluding ortho intramolecular Hbond substituents is 1. The van der Waals surface area contributed by atoms with E-state index in [-0.39, 0.29) is 17.9 Å². The van der Waals surface area contributed by atoms with Crippen molar-refractivity contribution in [3.63, 3.8) is 0 Å². The summed E-state index contributed by atoms with van der Waals surface area (Å²) in [6.45, 7) is 6.26. The molecule has 7 nitrogen and oxygen atoms in total. The first kappa shape index (κ1) is 28.2. The van der Waals surface area contributed by atoms with E-state index in [1.54, 1.807) is 42.5 Å². The minimum absolute atomic E-state index is 0.0417. The Labute approximate surface area is 241 Å². The van der Waals surface area contributed by atoms with Crippen molar-refractivity contribution >= 4 is 17.7 Å². The Morgan fingerprint density at radius 2 is 1.80 bits per heavy atom. The first-order chi connectivity index (χ1) is 19.6. The largest absolute Gasteiger partial charge is 0.507 e. The molecule has 0 unspecified atom stereocenters. The second-order valence-corrected chi connectivity index (χ2v) is 11.3. The lowest BCUT2D eigenvalue weighted by Crippen LogP contribution is -2.44. The Morgan fingerprint density at radius 1 is 1.10 bits per heavy atom. The van der Waals surface area contributed by atoms with Crippen molar-refractivity contribution in [1.29, 1.82) is 5.26 Å². The highest BCUT2D eigenvalue weighted by molar-refractivity contribution is 7.10. The minimum atomic E-state index is -1.80. The standard InChI is InChI=1S/C31H29F2N5O2S/c1-19-10-23(11-20(2)29(19)39)14-37-17-35-38(18-37)16-31(40,26-9-8-25(32)12-27(26)33)21(3)30-36-28(15-41-30)24-6-4-22(13-34)5-7-24/h4-12,15,17,21,39-40H,14,16,18H2,1-3H3/t21-,31+/m0/s1. The van der Waals surface area contributed by atoms with Gasteiger partial charge in [0.1, 0.15) is 36.0 Å². The average molecular weight is 574 g/mol. The highest BCUT2D eigenvalue weighted by Crippen LogP contribution is 2.41. The van der Waals surface area contributed by atoms with Crippen LogP contribution in [0.15, 0.2) is 65.1 Å². The molecule has 0 aliphatic carbocycles. The number of aryl methyl sites for hydroxylation is 2. The number of hydrazone groups is 1. The monoisotopic (exact) mass is 573 g/mol. The van der Waals surface area contributed by atoms with Gasteiger partial charge in [0.15, 0.2) is 0 Å². The molecule has 0 saturated carbocycles. The number of β-amino-alcohol motifs (C(OH)–C–C–N with tert-alkyl or cyclic N) is 1. The Kier molecular flexibility index (Phi) is 7.76. The van der Waals surface area contributed by atoms with Gasteiger partial charge >= 0.3 is 0 Å². The lowest BCUT2D eigenvalue weighted by molar-refractivity contribution is -0.0264. The normalized spacial score (nSPS) is 15.1. The summed E-state index contributed by atoms with van der Waals surface area (Å²) in [5.74, 6) is -1.98. The zero-order valence-corrected chi connectivity index (χ0v) is 23.7. The number of aromatic nitrogens is 1. The van der Waals surface area contributed by atoms with Crippen LogP contribution in [0.25, 0.3) is 11.3 Å². The summed E-state index contributed by atoms with van der Waals surface area (Å²) in [5, 5.41) is 39.9. The highest BCUT2D eigenvalue weighted by Gasteiger charge is 2.43. The second kappa shape index (κ2) is 11.3. The number of hydrogen-bond acceptors (Lipinski definition) is 8. The molecule has 1 aliphatic heterocycles. The maximum atomic E-state index is 15.2. The van der Waals surface area contributed by atoms with Gasteiger partial charge in [-0.25, -0.2) is 13.8 Å². The highest BCUT2D eigenvalue weighted by atomic mass is 32.1. The van der Waals surface area contributed by atoms with Crippen molar-refractivity contribution in [2.45, 2.75) is 38.8 Å². The fraction of sp³-hybridized carbons (Fsp3) is 0.258. The smallest absolute Gasteiger partial charge is 0.132 e. The molecule has 0 fully saturated rings. The summed E-state index contributed by atoms with van der Waals surface area (Å²) >= 11 is 1.34. The molecule has 5 rings (SSSR count). The molecule has 0 saturated heterocycles. The molecule has 41 heavy (non-hydrogen) atoms. The van der Waals surface area contributed by atoms with Crippen LogP contribution in [0.5, 0.6) is 5.75 Å². The number of hydrogen-bond donors (Lipinski definition) is 2. The number of halogens is 2. The predicted molar refractivity (Wildman–Crippen MR) is 154 cm³/mol. The number of benzene rings is 3. The molecule has 3 aromatic carbocycles. The number of nitriles is 1. The van der Waals surface area contributed by atoms with Crippen molar-refractivity contribution < 1.29 is 19.0 Å². The minimum Gasteiger partial charge on any atom is -0.507 e. The van der Waals surface area contributed by atoms with Crippen LogP contribution in [0, 0.1) is 36.8 Å². The van der Waals surface area contributed by atoms with Gasteiger partial charge in [0.25, 0.3) is 0 Å². The third-order valence-electron chi connectivity index (χ3n) is 7.40. The summed E-state index contributed by atoms with van der Waals surface area (Å²) < 4.78 is 29.0. The molecule has 0 amide bonds. The van der Waals surface area contributed by atoms with Crippen LogP contribution in [-0.4, -0.2) is 44.7 Å². The van der Waals surface area contributed by atoms with E-state index >= 15 is 4.39 Å². The van der Waals surface area contributed by atoms with Gasteiger partial charge in [0.2, 0.25) is 0 Å². The number of thiazole rings is 1. The quantitative estimate of drug-likeness (QED) is 0.269. The van der Waals surface area contributed by atoms with Crippen LogP contribution in [0.2, 0.25) is 0 Å². The zero-order chi connectivity index (χ0) is 29.3. The third kappa shape index (κ3) is 5.78. The SMILES string of the molecule is Cc1cc(CN2C=NN(C[C@](O)(c3ccc(F)cc3F)[C@@H](C)c3nc(-c4ccc(C#N)cc4)cs3)C2)cc(C)c1O. The molecule has 0 bridgehead atoms. The maximum absolute atomic E-state index is 15.2. The molecule has 1 aliphatic rings. The first-order valence-electron chi connectivity index (χ1n) is 13.0. The molecule has 210 valence electrons. The predicted octanol–water partition coefficient (Wildman–Crippen LogP) is 5.99. The Balaban J connectivity index is 1.40. The Hall–Kier alpha value is -4.33. The van der Waals surface area contributed by atoms with Crippen molar-refractivity contribution in [1.82, 2.24) is 14.9 Å². The van der Waals surface area contributed by atoms with Crippen LogP contribution in [0.3, 0.4) is 0 Å². The summed E-state index contributed by atoms with van der Waals surface area (Å²) in [5.41, 5.74) is 2.75. The van der Waals surface area contributed by atoms with Gasteiger partial charge in [0, 0.05) is 35.0 Å².